The summed E-state index contributed by atoms with van der Waals surface area (Å²) in [5, 5.41) is 10.1. The van der Waals surface area contributed by atoms with Gasteiger partial charge >= 0.3 is 0 Å². The van der Waals surface area contributed by atoms with Crippen LogP contribution in [0, 0.1) is 0 Å². The molecule has 8 heteroatoms. The second-order valence-corrected chi connectivity index (χ2v) is 6.61. The molecule has 0 spiro atoms. The zero-order chi connectivity index (χ0) is 19.8. The molecular weight excluding hydrogens is 380 g/mol. The van der Waals surface area contributed by atoms with Gasteiger partial charge in [0.05, 0.1) is 18.6 Å². The van der Waals surface area contributed by atoms with Gasteiger partial charge in [-0.2, -0.15) is 0 Å². The normalized spacial score (nSPS) is 16.3. The molecule has 29 heavy (non-hydrogen) atoms. The fourth-order valence-electron chi connectivity index (χ4n) is 3.33. The van der Waals surface area contributed by atoms with Gasteiger partial charge in [0.2, 0.25) is 11.2 Å². The van der Waals surface area contributed by atoms with Gasteiger partial charge in [-0.15, -0.1) is 0 Å². The molecule has 0 saturated carbocycles. The number of hydrogen-bond acceptors (Lipinski definition) is 8. The van der Waals surface area contributed by atoms with Gasteiger partial charge in [-0.05, 0) is 30.3 Å². The molecule has 150 valence electrons. The minimum atomic E-state index is -0.543. The van der Waals surface area contributed by atoms with Crippen LogP contribution in [0.5, 0.6) is 23.0 Å². The maximum absolute atomic E-state index is 13.1. The smallest absolute Gasteiger partial charge is 0.235 e. The van der Waals surface area contributed by atoms with Crippen molar-refractivity contribution >= 4 is 11.0 Å². The van der Waals surface area contributed by atoms with E-state index in [-0.39, 0.29) is 34.9 Å². The molecule has 1 saturated heterocycles. The number of ether oxygens (including phenoxy) is 5. The average molecular weight is 398 g/mol. The number of fused-ring (bicyclic) bond motifs is 2. The molecule has 0 atom stereocenters. The Morgan fingerprint density at radius 1 is 0.966 bits per heavy atom. The Kier molecular flexibility index (Phi) is 4.49. The van der Waals surface area contributed by atoms with Gasteiger partial charge in [0.15, 0.2) is 23.5 Å². The molecule has 0 aliphatic carbocycles. The molecule has 2 aliphatic rings. The van der Waals surface area contributed by atoms with E-state index < -0.39 is 6.29 Å². The van der Waals surface area contributed by atoms with Crippen LogP contribution in [-0.2, 0) is 9.47 Å². The molecule has 0 bridgehead atoms. The average Bonchev–Trinajstić information content (AvgIpc) is 3.26. The maximum Gasteiger partial charge on any atom is 0.235 e. The highest BCUT2D eigenvalue weighted by Gasteiger charge is 2.23. The van der Waals surface area contributed by atoms with Crippen LogP contribution in [0.2, 0.25) is 0 Å². The third kappa shape index (κ3) is 3.37. The van der Waals surface area contributed by atoms with Gasteiger partial charge in [-0.3, -0.25) is 4.79 Å². The Bertz CT molecular complexity index is 1110. The number of phenols is 1. The Hall–Kier alpha value is -3.23. The standard InChI is InChI=1S/C21H18O8/c22-13-2-3-14-16(10-13)29-20(12-1-4-15-17(9-12)25-6-5-24-15)21(19(14)23)28-11-18-26-7-8-27-18/h1-4,9-10,18,22H,5-8,11H2. The minimum absolute atomic E-state index is 0.00445. The van der Waals surface area contributed by atoms with E-state index in [2.05, 4.69) is 0 Å². The van der Waals surface area contributed by atoms with E-state index >= 15 is 0 Å². The first kappa shape index (κ1) is 17.8. The lowest BCUT2D eigenvalue weighted by Gasteiger charge is -2.19. The number of benzene rings is 2. The zero-order valence-corrected chi connectivity index (χ0v) is 15.4. The van der Waals surface area contributed by atoms with Gasteiger partial charge in [0.25, 0.3) is 0 Å². The number of phenolic OH excluding ortho intramolecular Hbond substituents is 1. The molecule has 1 fully saturated rings. The fraction of sp³-hybridized carbons (Fsp3) is 0.286. The van der Waals surface area contributed by atoms with E-state index in [0.29, 0.717) is 48.9 Å². The summed E-state index contributed by atoms with van der Waals surface area (Å²) in [6.07, 6.45) is -0.543. The van der Waals surface area contributed by atoms with Crippen molar-refractivity contribution in [1.29, 1.82) is 0 Å². The van der Waals surface area contributed by atoms with E-state index in [1.165, 1.54) is 18.2 Å². The molecule has 2 aromatic carbocycles. The van der Waals surface area contributed by atoms with Crippen LogP contribution < -0.4 is 19.6 Å². The van der Waals surface area contributed by atoms with Crippen LogP contribution >= 0.6 is 0 Å². The first-order valence-corrected chi connectivity index (χ1v) is 9.25. The van der Waals surface area contributed by atoms with Gasteiger partial charge in [0, 0.05) is 11.6 Å². The first-order valence-electron chi connectivity index (χ1n) is 9.25. The first-order chi connectivity index (χ1) is 14.2. The van der Waals surface area contributed by atoms with Crippen molar-refractivity contribution in [2.24, 2.45) is 0 Å². The van der Waals surface area contributed by atoms with Crippen molar-refractivity contribution in [3.63, 3.8) is 0 Å². The Morgan fingerprint density at radius 2 is 1.76 bits per heavy atom. The lowest BCUT2D eigenvalue weighted by Crippen LogP contribution is -2.21. The summed E-state index contributed by atoms with van der Waals surface area (Å²) < 4.78 is 33.8. The molecule has 3 aromatic rings. The van der Waals surface area contributed by atoms with Crippen LogP contribution in [0.3, 0.4) is 0 Å². The Labute approximate surface area is 165 Å². The lowest BCUT2D eigenvalue weighted by molar-refractivity contribution is -0.0686. The molecule has 1 N–H and O–H groups in total. The Morgan fingerprint density at radius 3 is 2.59 bits per heavy atom. The van der Waals surface area contributed by atoms with Crippen LogP contribution in [-0.4, -0.2) is 44.4 Å². The maximum atomic E-state index is 13.1. The van der Waals surface area contributed by atoms with Gasteiger partial charge in [0.1, 0.15) is 31.2 Å². The third-order valence-corrected chi connectivity index (χ3v) is 4.69. The van der Waals surface area contributed by atoms with Crippen molar-refractivity contribution in [2.75, 3.05) is 33.0 Å². The zero-order valence-electron chi connectivity index (χ0n) is 15.4. The molecule has 1 aromatic heterocycles. The summed E-state index contributed by atoms with van der Waals surface area (Å²) in [6.45, 7) is 1.92. The second-order valence-electron chi connectivity index (χ2n) is 6.61. The van der Waals surface area contributed by atoms with E-state index in [1.54, 1.807) is 18.2 Å². The fourth-order valence-corrected chi connectivity index (χ4v) is 3.33. The number of hydrogen-bond donors (Lipinski definition) is 1. The molecule has 3 heterocycles. The largest absolute Gasteiger partial charge is 0.508 e. The van der Waals surface area contributed by atoms with Crippen LogP contribution in [0.15, 0.2) is 45.6 Å². The molecule has 8 nitrogen and oxygen atoms in total. The quantitative estimate of drug-likeness (QED) is 0.717. The van der Waals surface area contributed by atoms with Gasteiger partial charge < -0.3 is 33.2 Å². The summed E-state index contributed by atoms with van der Waals surface area (Å²) in [7, 11) is 0. The van der Waals surface area contributed by atoms with E-state index in [4.69, 9.17) is 28.1 Å². The third-order valence-electron chi connectivity index (χ3n) is 4.69. The summed E-state index contributed by atoms with van der Waals surface area (Å²) in [4.78, 5) is 13.1. The molecule has 0 unspecified atom stereocenters. The van der Waals surface area contributed by atoms with Crippen molar-refractivity contribution in [3.05, 3.63) is 46.6 Å². The highest BCUT2D eigenvalue weighted by Crippen LogP contribution is 2.38. The second kappa shape index (κ2) is 7.31. The lowest BCUT2D eigenvalue weighted by atomic mass is 10.1. The molecular formula is C21H18O8. The monoisotopic (exact) mass is 398 g/mol. The molecule has 5 rings (SSSR count). The minimum Gasteiger partial charge on any atom is -0.508 e. The van der Waals surface area contributed by atoms with Crippen molar-refractivity contribution < 1.29 is 33.2 Å². The van der Waals surface area contributed by atoms with Crippen LogP contribution in [0.25, 0.3) is 22.3 Å². The summed E-state index contributed by atoms with van der Waals surface area (Å²) in [6, 6.07) is 9.57. The van der Waals surface area contributed by atoms with Crippen LogP contribution in [0.4, 0.5) is 0 Å². The SMILES string of the molecule is O=c1c(OCC2OCCO2)c(-c2ccc3c(c2)OCCO3)oc2cc(O)ccc12. The predicted molar refractivity (Wildman–Crippen MR) is 102 cm³/mol. The molecule has 0 amide bonds. The number of rotatable bonds is 4. The highest BCUT2D eigenvalue weighted by molar-refractivity contribution is 5.83. The van der Waals surface area contributed by atoms with Crippen molar-refractivity contribution in [3.8, 4) is 34.3 Å². The van der Waals surface area contributed by atoms with Crippen molar-refractivity contribution in [1.82, 2.24) is 0 Å². The summed E-state index contributed by atoms with van der Waals surface area (Å²) >= 11 is 0. The molecule has 2 aliphatic heterocycles. The summed E-state index contributed by atoms with van der Waals surface area (Å²) in [5.41, 5.74) is 0.481. The topological polar surface area (TPSA) is 96.6 Å². The molecule has 0 radical (unpaired) electrons. The highest BCUT2D eigenvalue weighted by atomic mass is 16.7. The van der Waals surface area contributed by atoms with E-state index in [1.807, 2.05) is 0 Å². The van der Waals surface area contributed by atoms with Gasteiger partial charge in [-0.25, -0.2) is 0 Å². The van der Waals surface area contributed by atoms with E-state index in [9.17, 15) is 9.90 Å². The van der Waals surface area contributed by atoms with E-state index in [0.717, 1.165) is 0 Å². The predicted octanol–water partition coefficient (Wildman–Crippen LogP) is 2.69. The van der Waals surface area contributed by atoms with Crippen molar-refractivity contribution in [2.45, 2.75) is 6.29 Å². The summed E-state index contributed by atoms with van der Waals surface area (Å²) in [5.74, 6) is 1.44. The van der Waals surface area contributed by atoms with Gasteiger partial charge in [-0.1, -0.05) is 0 Å². The Balaban J connectivity index is 1.63. The van der Waals surface area contributed by atoms with Crippen LogP contribution in [0.1, 0.15) is 0 Å². The number of aromatic hydroxyl groups is 1.